The van der Waals surface area contributed by atoms with Crippen LogP contribution in [0.15, 0.2) is 48.5 Å². The van der Waals surface area contributed by atoms with E-state index in [0.717, 1.165) is 56.6 Å². The van der Waals surface area contributed by atoms with Gasteiger partial charge in [0.05, 0.1) is 11.4 Å². The van der Waals surface area contributed by atoms with Crippen molar-refractivity contribution >= 4 is 17.0 Å². The minimum absolute atomic E-state index is 0.00124. The number of nitrogens with zero attached hydrogens (tertiary/aromatic N) is 4. The van der Waals surface area contributed by atoms with Crippen LogP contribution in [0.2, 0.25) is 0 Å². The molecule has 0 spiro atoms. The Hall–Kier alpha value is -3.78. The zero-order chi connectivity index (χ0) is 27.8. The van der Waals surface area contributed by atoms with Gasteiger partial charge in [0.15, 0.2) is 0 Å². The van der Waals surface area contributed by atoms with Crippen LogP contribution in [-0.4, -0.2) is 43.6 Å². The lowest BCUT2D eigenvalue weighted by Gasteiger charge is -2.27. The van der Waals surface area contributed by atoms with Crippen molar-refractivity contribution in [1.29, 1.82) is 0 Å². The Balaban J connectivity index is 1.53. The molecule has 7 nitrogen and oxygen atoms in total. The highest BCUT2D eigenvalue weighted by molar-refractivity contribution is 5.80. The van der Waals surface area contributed by atoms with Crippen LogP contribution in [0.5, 0.6) is 5.75 Å². The molecule has 1 aliphatic rings. The highest BCUT2D eigenvalue weighted by Gasteiger charge is 2.30. The maximum absolute atomic E-state index is 14.1. The normalized spacial score (nSPS) is 17.3. The highest BCUT2D eigenvalue weighted by Crippen LogP contribution is 2.37. The monoisotopic (exact) mass is 530 g/mol. The van der Waals surface area contributed by atoms with Gasteiger partial charge in [-0.3, -0.25) is 9.69 Å². The van der Waals surface area contributed by atoms with Gasteiger partial charge in [0.2, 0.25) is 0 Å². The van der Waals surface area contributed by atoms with E-state index >= 15 is 0 Å². The Kier molecular flexibility index (Phi) is 7.40. The lowest BCUT2D eigenvalue weighted by molar-refractivity contribution is -0.141. The van der Waals surface area contributed by atoms with Gasteiger partial charge in [-0.15, -0.1) is 5.10 Å². The number of halogens is 1. The SMILES string of the molecule is CCC1CN(Cc2cc(C(c3ccc4c(nnn4C)c3C)C(C)C(=O)O)ccc2C)Cc2cc(F)ccc2O1. The second-order valence-electron chi connectivity index (χ2n) is 10.7. The molecule has 1 N–H and O–H groups in total. The molecule has 3 unspecified atom stereocenters. The highest BCUT2D eigenvalue weighted by atomic mass is 19.1. The van der Waals surface area contributed by atoms with Gasteiger partial charge >= 0.3 is 5.97 Å². The second-order valence-corrected chi connectivity index (χ2v) is 10.7. The molecule has 8 heteroatoms. The summed E-state index contributed by atoms with van der Waals surface area (Å²) in [7, 11) is 1.85. The molecule has 3 aromatic carbocycles. The van der Waals surface area contributed by atoms with Gasteiger partial charge in [0, 0.05) is 38.2 Å². The summed E-state index contributed by atoms with van der Waals surface area (Å²) in [5.41, 5.74) is 7.59. The average Bonchev–Trinajstić information content (AvgIpc) is 3.19. The number of fused-ring (bicyclic) bond motifs is 2. The molecule has 0 fully saturated rings. The van der Waals surface area contributed by atoms with Gasteiger partial charge in [0.1, 0.15) is 23.2 Å². The summed E-state index contributed by atoms with van der Waals surface area (Å²) in [6.07, 6.45) is 0.843. The van der Waals surface area contributed by atoms with Gasteiger partial charge in [-0.25, -0.2) is 9.07 Å². The summed E-state index contributed by atoms with van der Waals surface area (Å²) in [6.45, 7) is 9.85. The van der Waals surface area contributed by atoms with Crippen molar-refractivity contribution in [2.45, 2.75) is 59.2 Å². The molecule has 0 saturated heterocycles. The van der Waals surface area contributed by atoms with Crippen LogP contribution in [-0.2, 0) is 24.9 Å². The van der Waals surface area contributed by atoms with Crippen LogP contribution in [0.3, 0.4) is 0 Å². The first-order valence-electron chi connectivity index (χ1n) is 13.4. The largest absolute Gasteiger partial charge is 0.489 e. The molecule has 5 rings (SSSR count). The van der Waals surface area contributed by atoms with E-state index in [-0.39, 0.29) is 17.8 Å². The molecule has 0 aliphatic carbocycles. The summed E-state index contributed by atoms with van der Waals surface area (Å²) >= 11 is 0. The zero-order valence-electron chi connectivity index (χ0n) is 23.1. The van der Waals surface area contributed by atoms with Crippen LogP contribution in [0.1, 0.15) is 59.6 Å². The fourth-order valence-electron chi connectivity index (χ4n) is 5.69. The zero-order valence-corrected chi connectivity index (χ0v) is 23.1. The van der Waals surface area contributed by atoms with Gasteiger partial charge < -0.3 is 9.84 Å². The van der Waals surface area contributed by atoms with Gasteiger partial charge in [-0.05, 0) is 72.4 Å². The first kappa shape index (κ1) is 26.8. The Labute approximate surface area is 228 Å². The van der Waals surface area contributed by atoms with E-state index in [1.807, 2.05) is 32.2 Å². The molecule has 204 valence electrons. The topological polar surface area (TPSA) is 80.5 Å². The number of aliphatic carboxylic acids is 1. The lowest BCUT2D eigenvalue weighted by Crippen LogP contribution is -2.32. The molecule has 39 heavy (non-hydrogen) atoms. The number of aromatic nitrogens is 3. The number of hydrogen-bond acceptors (Lipinski definition) is 5. The van der Waals surface area contributed by atoms with Crippen LogP contribution < -0.4 is 4.74 Å². The third kappa shape index (κ3) is 5.26. The molecule has 0 saturated carbocycles. The summed E-state index contributed by atoms with van der Waals surface area (Å²) in [5.74, 6) is -1.40. The first-order chi connectivity index (χ1) is 18.7. The third-order valence-electron chi connectivity index (χ3n) is 8.06. The number of benzene rings is 3. The summed E-state index contributed by atoms with van der Waals surface area (Å²) in [4.78, 5) is 14.6. The van der Waals surface area contributed by atoms with E-state index in [1.54, 1.807) is 23.7 Å². The van der Waals surface area contributed by atoms with Crippen molar-refractivity contribution < 1.29 is 19.0 Å². The third-order valence-corrected chi connectivity index (χ3v) is 8.06. The lowest BCUT2D eigenvalue weighted by atomic mass is 9.79. The molecule has 0 bridgehead atoms. The molecule has 1 aliphatic heterocycles. The maximum Gasteiger partial charge on any atom is 0.307 e. The Morgan fingerprint density at radius 2 is 1.97 bits per heavy atom. The Morgan fingerprint density at radius 3 is 2.72 bits per heavy atom. The fraction of sp³-hybridized carbons (Fsp3) is 0.387. The van der Waals surface area contributed by atoms with E-state index in [0.29, 0.717) is 19.6 Å². The van der Waals surface area contributed by atoms with Crippen LogP contribution in [0.4, 0.5) is 4.39 Å². The van der Waals surface area contributed by atoms with Crippen LogP contribution in [0, 0.1) is 25.6 Å². The smallest absolute Gasteiger partial charge is 0.307 e. The summed E-state index contributed by atoms with van der Waals surface area (Å²) in [5, 5.41) is 18.6. The number of carbonyl (C=O) groups is 1. The molecule has 3 atom stereocenters. The number of hydrogen-bond donors (Lipinski definition) is 1. The van der Waals surface area contributed by atoms with Crippen molar-refractivity contribution in [3.8, 4) is 5.75 Å². The summed E-state index contributed by atoms with van der Waals surface area (Å²) < 4.78 is 22.0. The van der Waals surface area contributed by atoms with Crippen LogP contribution in [0.25, 0.3) is 11.0 Å². The van der Waals surface area contributed by atoms with E-state index in [1.165, 1.54) is 6.07 Å². The standard InChI is InChI=1S/C31H35FN4O3/c1-6-25-17-36(16-23-14-24(32)9-12-28(23)39-25)15-22-13-21(8-7-18(22)2)29(20(4)31(37)38)26-10-11-27-30(19(26)3)33-34-35(27)5/h7-14,20,25,29H,6,15-17H2,1-5H3,(H,37,38). The van der Waals surface area contributed by atoms with Crippen molar-refractivity contribution in [2.24, 2.45) is 13.0 Å². The molecular formula is C31H35FN4O3. The molecule has 4 aromatic rings. The van der Waals surface area contributed by atoms with Crippen molar-refractivity contribution in [1.82, 2.24) is 19.9 Å². The first-order valence-corrected chi connectivity index (χ1v) is 13.4. The van der Waals surface area contributed by atoms with E-state index in [9.17, 15) is 14.3 Å². The Morgan fingerprint density at radius 1 is 1.18 bits per heavy atom. The quantitative estimate of drug-likeness (QED) is 0.328. The van der Waals surface area contributed by atoms with E-state index in [2.05, 4.69) is 41.2 Å². The van der Waals surface area contributed by atoms with Crippen molar-refractivity contribution in [3.05, 3.63) is 87.7 Å². The minimum Gasteiger partial charge on any atom is -0.489 e. The number of carboxylic acid groups (broad SMARTS) is 1. The van der Waals surface area contributed by atoms with Gasteiger partial charge in [-0.1, -0.05) is 43.3 Å². The predicted octanol–water partition coefficient (Wildman–Crippen LogP) is 5.75. The molecule has 0 radical (unpaired) electrons. The number of carboxylic acids is 1. The van der Waals surface area contributed by atoms with Gasteiger partial charge in [0.25, 0.3) is 0 Å². The van der Waals surface area contributed by atoms with Gasteiger partial charge in [-0.2, -0.15) is 0 Å². The number of aryl methyl sites for hydroxylation is 3. The van der Waals surface area contributed by atoms with Crippen LogP contribution >= 0.6 is 0 Å². The number of rotatable bonds is 7. The fourth-order valence-corrected chi connectivity index (χ4v) is 5.69. The van der Waals surface area contributed by atoms with E-state index < -0.39 is 11.9 Å². The molecule has 2 heterocycles. The van der Waals surface area contributed by atoms with Crippen molar-refractivity contribution in [2.75, 3.05) is 6.54 Å². The molecule has 1 aromatic heterocycles. The number of ether oxygens (including phenoxy) is 1. The molecular weight excluding hydrogens is 495 g/mol. The van der Waals surface area contributed by atoms with E-state index in [4.69, 9.17) is 4.74 Å². The summed E-state index contributed by atoms with van der Waals surface area (Å²) in [6, 6.07) is 14.9. The second kappa shape index (κ2) is 10.8. The van der Waals surface area contributed by atoms with Crippen molar-refractivity contribution in [3.63, 3.8) is 0 Å². The average molecular weight is 531 g/mol. The molecule has 0 amide bonds. The maximum atomic E-state index is 14.1. The minimum atomic E-state index is -0.852. The Bertz CT molecular complexity index is 1530. The predicted molar refractivity (Wildman–Crippen MR) is 148 cm³/mol.